The molecule has 1 saturated heterocycles. The summed E-state index contributed by atoms with van der Waals surface area (Å²) in [4.78, 5) is 34.7. The van der Waals surface area contributed by atoms with Crippen LogP contribution >= 0.6 is 0 Å². The number of rotatable bonds is 4. The highest BCUT2D eigenvalue weighted by Crippen LogP contribution is 2.34. The summed E-state index contributed by atoms with van der Waals surface area (Å²) in [6, 6.07) is 10.3. The highest BCUT2D eigenvalue weighted by Gasteiger charge is 2.40. The molecule has 1 aromatic heterocycles. The van der Waals surface area contributed by atoms with Crippen LogP contribution in [0.15, 0.2) is 36.7 Å². The lowest BCUT2D eigenvalue weighted by atomic mass is 9.99. The van der Waals surface area contributed by atoms with E-state index < -0.39 is 12.1 Å². The van der Waals surface area contributed by atoms with Gasteiger partial charge in [-0.2, -0.15) is 13.2 Å². The number of carboxylic acid groups (broad SMARTS) is 1. The first kappa shape index (κ1) is 24.7. The van der Waals surface area contributed by atoms with Gasteiger partial charge in [0.15, 0.2) is 0 Å². The van der Waals surface area contributed by atoms with Gasteiger partial charge >= 0.3 is 12.1 Å². The molecule has 11 heteroatoms. The van der Waals surface area contributed by atoms with E-state index in [-0.39, 0.29) is 18.0 Å². The Morgan fingerprint density at radius 1 is 1.21 bits per heavy atom. The topological polar surface area (TPSA) is 87.9 Å². The van der Waals surface area contributed by atoms with E-state index in [1.165, 1.54) is 5.56 Å². The average Bonchev–Trinajstić information content (AvgIpc) is 3.44. The van der Waals surface area contributed by atoms with Crippen molar-refractivity contribution >= 4 is 11.9 Å². The summed E-state index contributed by atoms with van der Waals surface area (Å²) in [5.74, 6) is -2.73. The highest BCUT2D eigenvalue weighted by atomic mass is 19.4. The third-order valence-corrected chi connectivity index (χ3v) is 5.43. The summed E-state index contributed by atoms with van der Waals surface area (Å²) in [6.07, 6.45) is -1.44. The number of aromatic nitrogens is 2. The Hall–Kier alpha value is -2.92. The van der Waals surface area contributed by atoms with Gasteiger partial charge in [-0.05, 0) is 25.8 Å². The van der Waals surface area contributed by atoms with E-state index >= 15 is 0 Å². The molecule has 1 unspecified atom stereocenters. The molecule has 1 aromatic carbocycles. The molecule has 0 radical (unpaired) electrons. The molecular formula is C22H27F3N4O4. The Morgan fingerprint density at radius 3 is 2.42 bits per heavy atom. The molecule has 2 aromatic rings. The van der Waals surface area contributed by atoms with Gasteiger partial charge in [0.1, 0.15) is 6.04 Å². The molecule has 0 spiro atoms. The maximum atomic E-state index is 13.4. The van der Waals surface area contributed by atoms with Crippen molar-refractivity contribution in [2.45, 2.75) is 51.5 Å². The number of carbonyl (C=O) groups is 2. The fraction of sp³-hybridized carbons (Fsp3) is 0.500. The molecule has 33 heavy (non-hydrogen) atoms. The first-order valence-corrected chi connectivity index (χ1v) is 10.7. The predicted molar refractivity (Wildman–Crippen MR) is 112 cm³/mol. The number of hydrogen-bond donors (Lipinski definition) is 1. The summed E-state index contributed by atoms with van der Waals surface area (Å²) in [6.45, 7) is 7.11. The Morgan fingerprint density at radius 2 is 1.88 bits per heavy atom. The lowest BCUT2D eigenvalue weighted by Crippen LogP contribution is -2.45. The number of halogens is 3. The van der Waals surface area contributed by atoms with Crippen LogP contribution in [0.4, 0.5) is 13.2 Å². The lowest BCUT2D eigenvalue weighted by Gasteiger charge is -2.37. The quantitative estimate of drug-likeness (QED) is 0.741. The van der Waals surface area contributed by atoms with Crippen molar-refractivity contribution < 1.29 is 32.7 Å². The van der Waals surface area contributed by atoms with Gasteiger partial charge in [-0.1, -0.05) is 30.3 Å². The molecule has 4 rings (SSSR count). The van der Waals surface area contributed by atoms with Gasteiger partial charge in [-0.25, -0.2) is 14.8 Å². The van der Waals surface area contributed by atoms with E-state index in [1.807, 2.05) is 24.5 Å². The van der Waals surface area contributed by atoms with Crippen LogP contribution < -0.4 is 0 Å². The number of nitrogens with zero attached hydrogens (tertiary/aromatic N) is 4. The van der Waals surface area contributed by atoms with Crippen LogP contribution in [-0.4, -0.2) is 62.4 Å². The second-order valence-corrected chi connectivity index (χ2v) is 8.12. The van der Waals surface area contributed by atoms with Crippen LogP contribution in [0, 0.1) is 0 Å². The van der Waals surface area contributed by atoms with Crippen LogP contribution in [0.1, 0.15) is 49.3 Å². The zero-order valence-corrected chi connectivity index (χ0v) is 18.5. The number of hydrogen-bond acceptors (Lipinski definition) is 5. The minimum Gasteiger partial charge on any atom is -0.475 e. The van der Waals surface area contributed by atoms with Crippen LogP contribution in [0.5, 0.6) is 0 Å². The second kappa shape index (κ2) is 10.3. The van der Waals surface area contributed by atoms with E-state index in [4.69, 9.17) is 14.7 Å². The van der Waals surface area contributed by atoms with Gasteiger partial charge in [0.25, 0.3) is 5.91 Å². The molecule has 2 aliphatic rings. The van der Waals surface area contributed by atoms with E-state index in [1.54, 1.807) is 5.06 Å². The Bertz CT molecular complexity index is 956. The largest absolute Gasteiger partial charge is 0.490 e. The molecule has 2 aliphatic heterocycles. The Kier molecular flexibility index (Phi) is 7.75. The average molecular weight is 468 g/mol. The number of amides is 1. The van der Waals surface area contributed by atoms with Crippen LogP contribution in [0.25, 0.3) is 0 Å². The van der Waals surface area contributed by atoms with Gasteiger partial charge in [-0.3, -0.25) is 14.5 Å². The normalized spacial score (nSPS) is 18.6. The van der Waals surface area contributed by atoms with Gasteiger partial charge in [-0.15, -0.1) is 0 Å². The van der Waals surface area contributed by atoms with Gasteiger partial charge in [0.05, 0.1) is 30.9 Å². The van der Waals surface area contributed by atoms with Crippen molar-refractivity contribution in [3.8, 4) is 0 Å². The summed E-state index contributed by atoms with van der Waals surface area (Å²) in [5.41, 5.74) is 3.29. The standard InChI is InChI=1S/C20H26N4O2.C2HF3O2/c1-15(2)23-14-21-17-9-11-22(13-16-7-4-3-5-8-16)19(18(17)23)20(25)24-10-6-12-26-24;3-2(4,5)1(6)7/h3-5,7-8,14-15,19H,6,9-13H2,1-2H3;(H,6,7). The number of carboxylic acids is 1. The maximum absolute atomic E-state index is 13.4. The fourth-order valence-electron chi connectivity index (χ4n) is 3.88. The monoisotopic (exact) mass is 468 g/mol. The summed E-state index contributed by atoms with van der Waals surface area (Å²) >= 11 is 0. The lowest BCUT2D eigenvalue weighted by molar-refractivity contribution is -0.192. The first-order chi connectivity index (χ1) is 15.6. The Labute approximate surface area is 189 Å². The minimum absolute atomic E-state index is 0.0294. The van der Waals surface area contributed by atoms with Crippen LogP contribution in [0.3, 0.4) is 0 Å². The van der Waals surface area contributed by atoms with Gasteiger partial charge in [0.2, 0.25) is 0 Å². The number of alkyl halides is 3. The first-order valence-electron chi connectivity index (χ1n) is 10.7. The van der Waals surface area contributed by atoms with Gasteiger partial charge < -0.3 is 9.67 Å². The highest BCUT2D eigenvalue weighted by molar-refractivity contribution is 5.82. The molecule has 1 N–H and O–H groups in total. The third-order valence-electron chi connectivity index (χ3n) is 5.43. The van der Waals surface area contributed by atoms with Crippen molar-refractivity contribution in [1.82, 2.24) is 19.5 Å². The predicted octanol–water partition coefficient (Wildman–Crippen LogP) is 3.36. The van der Waals surface area contributed by atoms with Crippen molar-refractivity contribution in [2.75, 3.05) is 19.7 Å². The van der Waals surface area contributed by atoms with E-state index in [0.717, 1.165) is 37.3 Å². The van der Waals surface area contributed by atoms with Crippen molar-refractivity contribution in [2.24, 2.45) is 0 Å². The van der Waals surface area contributed by atoms with Crippen LogP contribution in [0.2, 0.25) is 0 Å². The number of aliphatic carboxylic acids is 1. The number of fused-ring (bicyclic) bond motifs is 1. The maximum Gasteiger partial charge on any atom is 0.490 e. The molecule has 180 valence electrons. The molecular weight excluding hydrogens is 441 g/mol. The zero-order chi connectivity index (χ0) is 24.2. The fourth-order valence-corrected chi connectivity index (χ4v) is 3.88. The summed E-state index contributed by atoms with van der Waals surface area (Å²) < 4.78 is 33.9. The van der Waals surface area contributed by atoms with Gasteiger partial charge in [0, 0.05) is 25.6 Å². The number of hydroxylamine groups is 2. The molecule has 0 bridgehead atoms. The second-order valence-electron chi connectivity index (χ2n) is 8.12. The van der Waals surface area contributed by atoms with E-state index in [9.17, 15) is 18.0 Å². The number of imidazole rings is 1. The molecule has 1 fully saturated rings. The summed E-state index contributed by atoms with van der Waals surface area (Å²) in [7, 11) is 0. The smallest absolute Gasteiger partial charge is 0.475 e. The molecule has 0 saturated carbocycles. The SMILES string of the molecule is CC(C)n1cnc2c1C(C(=O)N1CCCO1)N(Cc1ccccc1)CC2.O=C(O)C(F)(F)F. The van der Waals surface area contributed by atoms with Crippen LogP contribution in [-0.2, 0) is 27.4 Å². The number of carbonyl (C=O) groups excluding carboxylic acids is 1. The minimum atomic E-state index is -5.08. The van der Waals surface area contributed by atoms with Crippen molar-refractivity contribution in [3.05, 3.63) is 53.6 Å². The molecule has 8 nitrogen and oxygen atoms in total. The molecule has 1 amide bonds. The third kappa shape index (κ3) is 5.91. The summed E-state index contributed by atoms with van der Waals surface area (Å²) in [5, 5.41) is 8.68. The molecule has 0 aliphatic carbocycles. The zero-order valence-electron chi connectivity index (χ0n) is 18.5. The van der Waals surface area contributed by atoms with E-state index in [0.29, 0.717) is 13.2 Å². The van der Waals surface area contributed by atoms with E-state index in [2.05, 4.69) is 40.4 Å². The molecule has 3 heterocycles. The van der Waals surface area contributed by atoms with Crippen molar-refractivity contribution in [3.63, 3.8) is 0 Å². The number of benzene rings is 1. The molecule has 1 atom stereocenters. The Balaban J connectivity index is 0.000000383. The van der Waals surface area contributed by atoms with Crippen molar-refractivity contribution in [1.29, 1.82) is 0 Å².